The molecule has 1 aromatic carbocycles. The van der Waals surface area contributed by atoms with Crippen LogP contribution in [0.15, 0.2) is 17.3 Å². The van der Waals surface area contributed by atoms with Crippen molar-refractivity contribution in [2.24, 2.45) is 10.6 Å². The van der Waals surface area contributed by atoms with Crippen LogP contribution >= 0.6 is 11.8 Å². The summed E-state index contributed by atoms with van der Waals surface area (Å²) in [6, 6.07) is 4.41. The van der Waals surface area contributed by atoms with Crippen molar-refractivity contribution in [3.63, 3.8) is 0 Å². The Bertz CT molecular complexity index is 477. The Morgan fingerprint density at radius 2 is 1.67 bits per heavy atom. The molecule has 1 aromatic rings. The molecular weight excluding hydrogens is 242 g/mol. The second-order valence-electron chi connectivity index (χ2n) is 6.09. The smallest absolute Gasteiger partial charge is 0.183 e. The minimum Gasteiger partial charge on any atom is -0.379 e. The second kappa shape index (κ2) is 4.61. The van der Waals surface area contributed by atoms with Crippen LogP contribution in [0, 0.1) is 26.2 Å². The van der Waals surface area contributed by atoms with Gasteiger partial charge in [0, 0.05) is 11.0 Å². The van der Waals surface area contributed by atoms with E-state index in [9.17, 15) is 0 Å². The third-order valence-electron chi connectivity index (χ3n) is 3.05. The molecule has 1 aliphatic rings. The van der Waals surface area contributed by atoms with Crippen LogP contribution in [0.2, 0.25) is 0 Å². The van der Waals surface area contributed by atoms with Crippen LogP contribution in [-0.2, 0) is 4.84 Å². The van der Waals surface area contributed by atoms with Gasteiger partial charge in [-0.05, 0) is 31.9 Å². The molecule has 0 aromatic heterocycles. The Morgan fingerprint density at radius 3 is 2.11 bits per heavy atom. The number of aryl methyl sites for hydroxylation is 3. The van der Waals surface area contributed by atoms with Crippen molar-refractivity contribution in [3.05, 3.63) is 34.4 Å². The van der Waals surface area contributed by atoms with Gasteiger partial charge in [-0.15, -0.1) is 0 Å². The van der Waals surface area contributed by atoms with Crippen molar-refractivity contribution in [1.82, 2.24) is 0 Å². The Labute approximate surface area is 114 Å². The van der Waals surface area contributed by atoms with Gasteiger partial charge in [-0.1, -0.05) is 55.4 Å². The fourth-order valence-electron chi connectivity index (χ4n) is 2.20. The molecule has 3 heteroatoms. The molecule has 2 rings (SSSR count). The summed E-state index contributed by atoms with van der Waals surface area (Å²) in [4.78, 5) is 5.58. The van der Waals surface area contributed by atoms with Crippen LogP contribution in [0.1, 0.15) is 43.0 Å². The Hall–Kier alpha value is -0.960. The summed E-state index contributed by atoms with van der Waals surface area (Å²) >= 11 is 1.73. The summed E-state index contributed by atoms with van der Waals surface area (Å²) < 4.78 is 0. The summed E-state index contributed by atoms with van der Waals surface area (Å²) in [6.45, 7) is 12.9. The molecule has 0 aliphatic carbocycles. The molecule has 98 valence electrons. The molecule has 0 saturated heterocycles. The number of hydrogen-bond donors (Lipinski definition) is 0. The fourth-order valence-corrected chi connectivity index (χ4v) is 3.37. The predicted octanol–water partition coefficient (Wildman–Crippen LogP) is 4.41. The van der Waals surface area contributed by atoms with Gasteiger partial charge in [0.1, 0.15) is 5.04 Å². The lowest BCUT2D eigenvalue weighted by molar-refractivity contribution is 0.0561. The molecule has 1 unspecified atom stereocenters. The monoisotopic (exact) mass is 263 g/mol. The molecule has 1 atom stereocenters. The lowest BCUT2D eigenvalue weighted by Crippen LogP contribution is -2.22. The number of benzene rings is 1. The molecule has 0 spiro atoms. The molecular formula is C15H21NOS. The molecule has 2 nitrogen and oxygen atoms in total. The minimum atomic E-state index is 0.0996. The van der Waals surface area contributed by atoms with E-state index < -0.39 is 0 Å². The average Bonchev–Trinajstić information content (AvgIpc) is 2.64. The highest BCUT2D eigenvalue weighted by Crippen LogP contribution is 2.39. The Kier molecular flexibility index (Phi) is 3.45. The highest BCUT2D eigenvalue weighted by molar-refractivity contribution is 8.15. The third kappa shape index (κ3) is 2.56. The van der Waals surface area contributed by atoms with Crippen LogP contribution in [0.25, 0.3) is 0 Å². The normalized spacial score (nSPS) is 19.7. The van der Waals surface area contributed by atoms with Crippen molar-refractivity contribution in [2.75, 3.05) is 0 Å². The van der Waals surface area contributed by atoms with Crippen LogP contribution in [0.4, 0.5) is 0 Å². The maximum absolute atomic E-state index is 5.58. The second-order valence-corrected chi connectivity index (χ2v) is 7.14. The van der Waals surface area contributed by atoms with Crippen LogP contribution in [-0.4, -0.2) is 10.5 Å². The predicted molar refractivity (Wildman–Crippen MR) is 79.1 cm³/mol. The van der Waals surface area contributed by atoms with E-state index in [0.29, 0.717) is 0 Å². The van der Waals surface area contributed by atoms with E-state index in [-0.39, 0.29) is 10.9 Å². The standard InChI is InChI=1S/C15H21NOS/c1-9-7-10(2)12(11(3)8-9)13-16-17-14(18-13)15(4,5)6/h7-8,14H,1-6H3. The van der Waals surface area contributed by atoms with E-state index >= 15 is 0 Å². The van der Waals surface area contributed by atoms with Gasteiger partial charge < -0.3 is 4.84 Å². The van der Waals surface area contributed by atoms with Gasteiger partial charge in [-0.3, -0.25) is 0 Å². The maximum Gasteiger partial charge on any atom is 0.183 e. The van der Waals surface area contributed by atoms with Gasteiger partial charge in [0.15, 0.2) is 5.44 Å². The van der Waals surface area contributed by atoms with Crippen molar-refractivity contribution in [1.29, 1.82) is 0 Å². The zero-order valence-electron chi connectivity index (χ0n) is 12.0. The zero-order chi connectivity index (χ0) is 13.5. The third-order valence-corrected chi connectivity index (χ3v) is 4.56. The van der Waals surface area contributed by atoms with Crippen molar-refractivity contribution in [3.8, 4) is 0 Å². The molecule has 0 saturated carbocycles. The molecule has 18 heavy (non-hydrogen) atoms. The molecule has 1 heterocycles. The van der Waals surface area contributed by atoms with Crippen LogP contribution < -0.4 is 0 Å². The van der Waals surface area contributed by atoms with Gasteiger partial charge in [0.05, 0.1) is 0 Å². The summed E-state index contributed by atoms with van der Waals surface area (Å²) in [6.07, 6.45) is 0. The first-order valence-electron chi connectivity index (χ1n) is 6.28. The van der Waals surface area contributed by atoms with Crippen LogP contribution in [0.5, 0.6) is 0 Å². The van der Waals surface area contributed by atoms with E-state index in [4.69, 9.17) is 4.84 Å². The number of hydrogen-bond acceptors (Lipinski definition) is 3. The first-order chi connectivity index (χ1) is 8.29. The Morgan fingerprint density at radius 1 is 1.11 bits per heavy atom. The molecule has 0 N–H and O–H groups in total. The first-order valence-corrected chi connectivity index (χ1v) is 7.15. The topological polar surface area (TPSA) is 21.6 Å². The van der Waals surface area contributed by atoms with Gasteiger partial charge in [-0.2, -0.15) is 0 Å². The molecule has 0 radical (unpaired) electrons. The highest BCUT2D eigenvalue weighted by Gasteiger charge is 2.34. The van der Waals surface area contributed by atoms with E-state index in [1.54, 1.807) is 11.8 Å². The maximum atomic E-state index is 5.58. The van der Waals surface area contributed by atoms with Gasteiger partial charge in [-0.25, -0.2) is 0 Å². The summed E-state index contributed by atoms with van der Waals surface area (Å²) in [5, 5.41) is 5.30. The minimum absolute atomic E-state index is 0.0996. The molecule has 0 fully saturated rings. The van der Waals surface area contributed by atoms with Crippen molar-refractivity contribution >= 4 is 16.8 Å². The quantitative estimate of drug-likeness (QED) is 0.748. The van der Waals surface area contributed by atoms with Gasteiger partial charge in [0.25, 0.3) is 0 Å². The summed E-state index contributed by atoms with van der Waals surface area (Å²) in [7, 11) is 0. The average molecular weight is 263 g/mol. The van der Waals surface area contributed by atoms with E-state index in [2.05, 4.69) is 58.8 Å². The lowest BCUT2D eigenvalue weighted by atomic mass is 9.98. The zero-order valence-corrected chi connectivity index (χ0v) is 12.8. The van der Waals surface area contributed by atoms with Crippen LogP contribution in [0.3, 0.4) is 0 Å². The SMILES string of the molecule is Cc1cc(C)c(C2=NOC(C(C)(C)C)S2)c(C)c1. The number of nitrogens with zero attached hydrogens (tertiary/aromatic N) is 1. The van der Waals surface area contributed by atoms with Gasteiger partial charge >= 0.3 is 0 Å². The molecule has 0 bridgehead atoms. The summed E-state index contributed by atoms with van der Waals surface area (Å²) in [5.74, 6) is 0. The number of oxime groups is 1. The van der Waals surface area contributed by atoms with E-state index in [0.717, 1.165) is 5.04 Å². The lowest BCUT2D eigenvalue weighted by Gasteiger charge is -2.23. The number of thioether (sulfide) groups is 1. The molecule has 1 aliphatic heterocycles. The van der Waals surface area contributed by atoms with Gasteiger partial charge in [0.2, 0.25) is 0 Å². The summed E-state index contributed by atoms with van der Waals surface area (Å²) in [5.41, 5.74) is 5.28. The van der Waals surface area contributed by atoms with E-state index in [1.165, 1.54) is 22.3 Å². The van der Waals surface area contributed by atoms with Crippen molar-refractivity contribution < 1.29 is 4.84 Å². The van der Waals surface area contributed by atoms with E-state index in [1.807, 2.05) is 0 Å². The first kappa shape index (κ1) is 13.5. The van der Waals surface area contributed by atoms with Crippen molar-refractivity contribution in [2.45, 2.75) is 47.0 Å². The fraction of sp³-hybridized carbons (Fsp3) is 0.533. The largest absolute Gasteiger partial charge is 0.379 e. The highest BCUT2D eigenvalue weighted by atomic mass is 32.2. The number of rotatable bonds is 1. The molecule has 0 amide bonds. The Balaban J connectivity index is 2.30.